The Morgan fingerprint density at radius 1 is 1.07 bits per heavy atom. The lowest BCUT2D eigenvalue weighted by molar-refractivity contribution is -0.0381. The lowest BCUT2D eigenvalue weighted by atomic mass is 9.81. The third-order valence-electron chi connectivity index (χ3n) is 4.07. The molecule has 3 aliphatic rings. The average molecular weight is 194 g/mol. The van der Waals surface area contributed by atoms with E-state index in [1.165, 1.54) is 19.3 Å². The van der Waals surface area contributed by atoms with Crippen LogP contribution >= 0.6 is 0 Å². The first-order valence-corrected chi connectivity index (χ1v) is 5.77. The highest BCUT2D eigenvalue weighted by atomic mass is 16.7. The van der Waals surface area contributed by atoms with Gasteiger partial charge >= 0.3 is 0 Å². The molecule has 0 radical (unpaired) electrons. The predicted octanol–water partition coefficient (Wildman–Crippen LogP) is 2.21. The van der Waals surface area contributed by atoms with Crippen molar-refractivity contribution in [2.45, 2.75) is 19.3 Å². The second-order valence-corrected chi connectivity index (χ2v) is 4.89. The van der Waals surface area contributed by atoms with Crippen molar-refractivity contribution in [3.63, 3.8) is 0 Å². The Balaban J connectivity index is 1.67. The van der Waals surface area contributed by atoms with Crippen LogP contribution in [0.1, 0.15) is 19.3 Å². The fraction of sp³-hybridized carbons (Fsp3) is 0.833. The maximum absolute atomic E-state index is 5.48. The Morgan fingerprint density at radius 3 is 2.86 bits per heavy atom. The molecule has 2 fully saturated rings. The molecule has 1 saturated carbocycles. The van der Waals surface area contributed by atoms with Crippen LogP contribution in [-0.4, -0.2) is 20.0 Å². The van der Waals surface area contributed by atoms with Crippen molar-refractivity contribution in [3.05, 3.63) is 12.2 Å². The minimum absolute atomic E-state index is 0.507. The zero-order valence-electron chi connectivity index (χ0n) is 8.52. The summed E-state index contributed by atoms with van der Waals surface area (Å²) in [4.78, 5) is 0. The fourth-order valence-electron chi connectivity index (χ4n) is 3.34. The van der Waals surface area contributed by atoms with Crippen LogP contribution in [0.2, 0.25) is 0 Å². The van der Waals surface area contributed by atoms with Crippen LogP contribution in [0.5, 0.6) is 0 Å². The van der Waals surface area contributed by atoms with Gasteiger partial charge in [-0.05, 0) is 42.9 Å². The Kier molecular flexibility index (Phi) is 2.34. The van der Waals surface area contributed by atoms with E-state index >= 15 is 0 Å². The lowest BCUT2D eigenvalue weighted by Crippen LogP contribution is -2.23. The van der Waals surface area contributed by atoms with Gasteiger partial charge in [-0.25, -0.2) is 0 Å². The van der Waals surface area contributed by atoms with E-state index in [0.717, 1.165) is 36.9 Å². The van der Waals surface area contributed by atoms with Crippen LogP contribution < -0.4 is 0 Å². The SMILES string of the molecule is C1=CC2CC1CC2C1CCOCOC1. The largest absolute Gasteiger partial charge is 0.355 e. The molecule has 0 spiro atoms. The molecular formula is C12H18O2. The summed E-state index contributed by atoms with van der Waals surface area (Å²) in [5.74, 6) is 3.37. The molecule has 4 atom stereocenters. The zero-order chi connectivity index (χ0) is 9.38. The van der Waals surface area contributed by atoms with Crippen molar-refractivity contribution >= 4 is 0 Å². The molecule has 0 amide bonds. The first kappa shape index (κ1) is 8.93. The van der Waals surface area contributed by atoms with Gasteiger partial charge in [0.25, 0.3) is 0 Å². The Bertz CT molecular complexity index is 228. The standard InChI is InChI=1S/C12H18O2/c1-2-10-5-9(1)6-12(10)11-3-4-13-8-14-7-11/h1-2,9-12H,3-8H2. The molecule has 2 bridgehead atoms. The summed E-state index contributed by atoms with van der Waals surface area (Å²) in [5.41, 5.74) is 0. The van der Waals surface area contributed by atoms with Crippen LogP contribution in [0.25, 0.3) is 0 Å². The summed E-state index contributed by atoms with van der Waals surface area (Å²) < 4.78 is 10.8. The van der Waals surface area contributed by atoms with Crippen molar-refractivity contribution < 1.29 is 9.47 Å². The number of rotatable bonds is 1. The topological polar surface area (TPSA) is 18.5 Å². The highest BCUT2D eigenvalue weighted by Gasteiger charge is 2.40. The van der Waals surface area contributed by atoms with Gasteiger partial charge < -0.3 is 9.47 Å². The number of ether oxygens (including phenoxy) is 2. The molecule has 0 aromatic rings. The van der Waals surface area contributed by atoms with E-state index in [4.69, 9.17) is 9.47 Å². The normalized spacial score (nSPS) is 46.9. The van der Waals surface area contributed by atoms with E-state index in [1.54, 1.807) is 0 Å². The van der Waals surface area contributed by atoms with Crippen LogP contribution in [0.4, 0.5) is 0 Å². The highest BCUT2D eigenvalue weighted by Crippen LogP contribution is 2.47. The molecule has 2 nitrogen and oxygen atoms in total. The zero-order valence-corrected chi connectivity index (χ0v) is 8.52. The van der Waals surface area contributed by atoms with E-state index in [0.29, 0.717) is 6.79 Å². The predicted molar refractivity (Wildman–Crippen MR) is 53.7 cm³/mol. The first-order valence-electron chi connectivity index (χ1n) is 5.77. The molecule has 2 heteroatoms. The summed E-state index contributed by atoms with van der Waals surface area (Å²) in [6.07, 6.45) is 8.85. The summed E-state index contributed by atoms with van der Waals surface area (Å²) in [7, 11) is 0. The van der Waals surface area contributed by atoms with Crippen LogP contribution in [0, 0.1) is 23.7 Å². The van der Waals surface area contributed by atoms with Gasteiger partial charge in [0.05, 0.1) is 6.61 Å². The van der Waals surface area contributed by atoms with Crippen LogP contribution in [-0.2, 0) is 9.47 Å². The highest BCUT2D eigenvalue weighted by molar-refractivity contribution is 5.11. The smallest absolute Gasteiger partial charge is 0.146 e. The second kappa shape index (κ2) is 3.67. The van der Waals surface area contributed by atoms with Crippen molar-refractivity contribution in [2.75, 3.05) is 20.0 Å². The van der Waals surface area contributed by atoms with Gasteiger partial charge in [0.2, 0.25) is 0 Å². The molecule has 1 heterocycles. The van der Waals surface area contributed by atoms with E-state index in [9.17, 15) is 0 Å². The van der Waals surface area contributed by atoms with Crippen molar-refractivity contribution in [1.82, 2.24) is 0 Å². The number of hydrogen-bond donors (Lipinski definition) is 0. The summed E-state index contributed by atoms with van der Waals surface area (Å²) in [6.45, 7) is 2.32. The maximum Gasteiger partial charge on any atom is 0.146 e. The summed E-state index contributed by atoms with van der Waals surface area (Å²) in [6, 6.07) is 0. The third kappa shape index (κ3) is 1.51. The van der Waals surface area contributed by atoms with E-state index in [-0.39, 0.29) is 0 Å². The molecule has 78 valence electrons. The Hall–Kier alpha value is -0.340. The lowest BCUT2D eigenvalue weighted by Gasteiger charge is -2.26. The van der Waals surface area contributed by atoms with E-state index in [2.05, 4.69) is 12.2 Å². The molecule has 4 unspecified atom stereocenters. The van der Waals surface area contributed by atoms with Crippen LogP contribution in [0.15, 0.2) is 12.2 Å². The third-order valence-corrected chi connectivity index (χ3v) is 4.07. The Labute approximate surface area is 85.3 Å². The van der Waals surface area contributed by atoms with Gasteiger partial charge in [-0.15, -0.1) is 0 Å². The molecule has 1 aliphatic heterocycles. The second-order valence-electron chi connectivity index (χ2n) is 4.89. The van der Waals surface area contributed by atoms with Gasteiger partial charge in [-0.2, -0.15) is 0 Å². The number of hydrogen-bond acceptors (Lipinski definition) is 2. The van der Waals surface area contributed by atoms with E-state index in [1.807, 2.05) is 0 Å². The van der Waals surface area contributed by atoms with Gasteiger partial charge in [-0.3, -0.25) is 0 Å². The van der Waals surface area contributed by atoms with Crippen molar-refractivity contribution in [1.29, 1.82) is 0 Å². The molecule has 1 saturated heterocycles. The van der Waals surface area contributed by atoms with Crippen LogP contribution in [0.3, 0.4) is 0 Å². The molecule has 0 aromatic heterocycles. The Morgan fingerprint density at radius 2 is 2.07 bits per heavy atom. The average Bonchev–Trinajstić information content (AvgIpc) is 2.72. The quantitative estimate of drug-likeness (QED) is 0.596. The molecule has 2 aliphatic carbocycles. The van der Waals surface area contributed by atoms with Gasteiger partial charge in [0, 0.05) is 6.61 Å². The van der Waals surface area contributed by atoms with Gasteiger partial charge in [0.15, 0.2) is 0 Å². The van der Waals surface area contributed by atoms with Crippen molar-refractivity contribution in [2.24, 2.45) is 23.7 Å². The molecule has 0 aromatic carbocycles. The molecule has 14 heavy (non-hydrogen) atoms. The molecule has 3 rings (SSSR count). The summed E-state index contributed by atoms with van der Waals surface area (Å²) >= 11 is 0. The van der Waals surface area contributed by atoms with Gasteiger partial charge in [0.1, 0.15) is 6.79 Å². The monoisotopic (exact) mass is 194 g/mol. The summed E-state index contributed by atoms with van der Waals surface area (Å²) in [5, 5.41) is 0. The first-order chi connectivity index (χ1) is 6.93. The minimum atomic E-state index is 0.507. The maximum atomic E-state index is 5.48. The van der Waals surface area contributed by atoms with E-state index < -0.39 is 0 Å². The van der Waals surface area contributed by atoms with Gasteiger partial charge in [-0.1, -0.05) is 12.2 Å². The molecular weight excluding hydrogens is 176 g/mol. The number of allylic oxidation sites excluding steroid dienone is 2. The fourth-order valence-corrected chi connectivity index (χ4v) is 3.34. The van der Waals surface area contributed by atoms with Crippen molar-refractivity contribution in [3.8, 4) is 0 Å². The minimum Gasteiger partial charge on any atom is -0.355 e. The number of fused-ring (bicyclic) bond motifs is 2. The molecule has 0 N–H and O–H groups in total.